The second kappa shape index (κ2) is 8.89. The molecule has 2 unspecified atom stereocenters. The number of rotatable bonds is 9. The summed E-state index contributed by atoms with van der Waals surface area (Å²) in [6, 6.07) is 5.19. The summed E-state index contributed by atoms with van der Waals surface area (Å²) in [6.45, 7) is 10.5. The zero-order chi connectivity index (χ0) is 19.3. The molecule has 1 aromatic rings. The Labute approximate surface area is 152 Å². The van der Waals surface area contributed by atoms with Gasteiger partial charge in [-0.1, -0.05) is 40.7 Å². The molecule has 4 nitrogen and oxygen atoms in total. The summed E-state index contributed by atoms with van der Waals surface area (Å²) in [5.74, 6) is 1.05. The Morgan fingerprint density at radius 1 is 1.16 bits per heavy atom. The van der Waals surface area contributed by atoms with E-state index in [0.29, 0.717) is 35.8 Å². The molecule has 0 aliphatic carbocycles. The van der Waals surface area contributed by atoms with Gasteiger partial charge in [-0.15, -0.1) is 0 Å². The van der Waals surface area contributed by atoms with Crippen LogP contribution in [0.3, 0.4) is 0 Å². The van der Waals surface area contributed by atoms with Crippen LogP contribution >= 0.6 is 7.14 Å². The van der Waals surface area contributed by atoms with Crippen LogP contribution in [0.15, 0.2) is 18.2 Å². The Balaban J connectivity index is 3.26. The predicted octanol–water partition coefficient (Wildman–Crippen LogP) is 5.69. The summed E-state index contributed by atoms with van der Waals surface area (Å²) in [7, 11) is -0.0288. The molecule has 0 fully saturated rings. The van der Waals surface area contributed by atoms with Gasteiger partial charge in [0.1, 0.15) is 17.1 Å². The summed E-state index contributed by atoms with van der Waals surface area (Å²) in [4.78, 5) is 13.3. The smallest absolute Gasteiger partial charge is 0.228 e. The zero-order valence-electron chi connectivity index (χ0n) is 16.7. The van der Waals surface area contributed by atoms with E-state index in [0.717, 1.165) is 6.42 Å². The minimum Gasteiger partial charge on any atom is -0.496 e. The molecule has 0 aliphatic rings. The van der Waals surface area contributed by atoms with Crippen molar-refractivity contribution in [1.29, 1.82) is 0 Å². The van der Waals surface area contributed by atoms with Crippen LogP contribution in [-0.4, -0.2) is 32.1 Å². The molecule has 0 saturated carbocycles. The molecule has 2 atom stereocenters. The summed E-state index contributed by atoms with van der Waals surface area (Å²) in [5.41, 5.74) is 0.137. The summed E-state index contributed by atoms with van der Waals surface area (Å²) in [6.07, 6.45) is 2.49. The van der Waals surface area contributed by atoms with Crippen molar-refractivity contribution in [2.75, 3.05) is 26.5 Å². The van der Waals surface area contributed by atoms with E-state index < -0.39 is 7.14 Å². The molecule has 0 heterocycles. The van der Waals surface area contributed by atoms with Crippen LogP contribution in [0.5, 0.6) is 11.5 Å². The van der Waals surface area contributed by atoms with E-state index in [2.05, 4.69) is 27.7 Å². The number of hydrogen-bond donors (Lipinski definition) is 0. The Bertz CT molecular complexity index is 609. The van der Waals surface area contributed by atoms with Gasteiger partial charge < -0.3 is 14.0 Å². The van der Waals surface area contributed by atoms with E-state index in [-0.39, 0.29) is 16.9 Å². The van der Waals surface area contributed by atoms with E-state index in [1.54, 1.807) is 18.2 Å². The third kappa shape index (κ3) is 5.88. The van der Waals surface area contributed by atoms with Gasteiger partial charge in [-0.05, 0) is 36.3 Å². The minimum atomic E-state index is -3.05. The molecule has 142 valence electrons. The first-order valence-corrected chi connectivity index (χ1v) is 11.0. The van der Waals surface area contributed by atoms with Crippen LogP contribution in [0, 0.1) is 11.3 Å². The molecule has 1 rings (SSSR count). The number of hydrogen-bond acceptors (Lipinski definition) is 4. The molecule has 5 heteroatoms. The van der Waals surface area contributed by atoms with Gasteiger partial charge in [-0.25, -0.2) is 0 Å². The lowest BCUT2D eigenvalue weighted by Gasteiger charge is -2.27. The Hall–Kier alpha value is -1.28. The van der Waals surface area contributed by atoms with Crippen LogP contribution in [0.4, 0.5) is 0 Å². The molecular formula is C20H33O4P. The number of carbonyl (C=O) groups excluding carboxylic acids is 1. The monoisotopic (exact) mass is 368 g/mol. The first-order chi connectivity index (χ1) is 11.6. The minimum absolute atomic E-state index is 0.141. The molecule has 0 spiro atoms. The highest BCUT2D eigenvalue weighted by molar-refractivity contribution is 7.81. The van der Waals surface area contributed by atoms with Crippen LogP contribution in [0.1, 0.15) is 57.8 Å². The van der Waals surface area contributed by atoms with Gasteiger partial charge in [0.2, 0.25) is 5.52 Å². The molecule has 25 heavy (non-hydrogen) atoms. The Morgan fingerprint density at radius 2 is 1.68 bits per heavy atom. The summed E-state index contributed by atoms with van der Waals surface area (Å²) < 4.78 is 24.4. The summed E-state index contributed by atoms with van der Waals surface area (Å²) in [5, 5.41) is 0. The van der Waals surface area contributed by atoms with Crippen LogP contribution in [-0.2, 0) is 4.57 Å². The molecule has 0 radical (unpaired) electrons. The second-order valence-electron chi connectivity index (χ2n) is 8.01. The van der Waals surface area contributed by atoms with Gasteiger partial charge in [0, 0.05) is 12.3 Å². The van der Waals surface area contributed by atoms with Crippen molar-refractivity contribution in [2.24, 2.45) is 11.3 Å². The van der Waals surface area contributed by atoms with Crippen molar-refractivity contribution >= 4 is 12.7 Å². The van der Waals surface area contributed by atoms with Crippen molar-refractivity contribution in [3.8, 4) is 11.5 Å². The Kier molecular flexibility index (Phi) is 7.74. The highest BCUT2D eigenvalue weighted by atomic mass is 31.2. The maximum atomic E-state index is 13.7. The molecule has 0 aromatic heterocycles. The van der Waals surface area contributed by atoms with Crippen LogP contribution < -0.4 is 9.47 Å². The third-order valence-corrected chi connectivity index (χ3v) is 7.51. The number of ether oxygens (including phenoxy) is 2. The van der Waals surface area contributed by atoms with Gasteiger partial charge >= 0.3 is 0 Å². The molecule has 0 bridgehead atoms. The first kappa shape index (κ1) is 21.8. The van der Waals surface area contributed by atoms with Crippen molar-refractivity contribution < 1.29 is 18.8 Å². The SMILES string of the molecule is CCCP(=O)(CC(C)CC(C)(C)C)C(=O)c1c(OC)cccc1OC. The zero-order valence-corrected chi connectivity index (χ0v) is 17.6. The standard InChI is InChI=1S/C20H33O4P/c1-8-12-25(22,14-15(2)13-20(3,4)5)19(21)18-16(23-6)10-9-11-17(18)24-7/h9-11,15H,8,12-14H2,1-7H3. The number of benzene rings is 1. The molecule has 0 N–H and O–H groups in total. The van der Waals surface area contributed by atoms with Crippen molar-refractivity contribution in [2.45, 2.75) is 47.5 Å². The number of carbonyl (C=O) groups is 1. The van der Waals surface area contributed by atoms with E-state index in [1.807, 2.05) is 6.92 Å². The normalized spacial score (nSPS) is 15.3. The fraction of sp³-hybridized carbons (Fsp3) is 0.650. The Morgan fingerprint density at radius 3 is 2.08 bits per heavy atom. The predicted molar refractivity (Wildman–Crippen MR) is 105 cm³/mol. The van der Waals surface area contributed by atoms with Crippen molar-refractivity contribution in [3.05, 3.63) is 23.8 Å². The molecule has 0 amide bonds. The first-order valence-electron chi connectivity index (χ1n) is 8.92. The highest BCUT2D eigenvalue weighted by Gasteiger charge is 2.37. The molecular weight excluding hydrogens is 335 g/mol. The van der Waals surface area contributed by atoms with Gasteiger partial charge in [0.15, 0.2) is 7.14 Å². The molecule has 0 saturated heterocycles. The van der Waals surface area contributed by atoms with Crippen LogP contribution in [0.25, 0.3) is 0 Å². The van der Waals surface area contributed by atoms with Crippen molar-refractivity contribution in [1.82, 2.24) is 0 Å². The molecule has 0 aliphatic heterocycles. The average Bonchev–Trinajstić information content (AvgIpc) is 2.51. The average molecular weight is 368 g/mol. The van der Waals surface area contributed by atoms with Gasteiger partial charge in [-0.2, -0.15) is 0 Å². The fourth-order valence-corrected chi connectivity index (χ4v) is 6.55. The van der Waals surface area contributed by atoms with Gasteiger partial charge in [0.25, 0.3) is 0 Å². The van der Waals surface area contributed by atoms with E-state index in [4.69, 9.17) is 9.47 Å². The largest absolute Gasteiger partial charge is 0.496 e. The third-order valence-electron chi connectivity index (χ3n) is 4.16. The lowest BCUT2D eigenvalue weighted by Crippen LogP contribution is -2.18. The van der Waals surface area contributed by atoms with Gasteiger partial charge in [-0.3, -0.25) is 4.79 Å². The van der Waals surface area contributed by atoms with E-state index in [9.17, 15) is 9.36 Å². The van der Waals surface area contributed by atoms with E-state index in [1.165, 1.54) is 14.2 Å². The molecule has 1 aromatic carbocycles. The van der Waals surface area contributed by atoms with Crippen LogP contribution in [0.2, 0.25) is 0 Å². The summed E-state index contributed by atoms with van der Waals surface area (Å²) >= 11 is 0. The highest BCUT2D eigenvalue weighted by Crippen LogP contribution is 2.54. The van der Waals surface area contributed by atoms with Crippen molar-refractivity contribution in [3.63, 3.8) is 0 Å². The van der Waals surface area contributed by atoms with E-state index >= 15 is 0 Å². The maximum Gasteiger partial charge on any atom is 0.228 e. The maximum absolute atomic E-state index is 13.7. The quantitative estimate of drug-likeness (QED) is 0.526. The lowest BCUT2D eigenvalue weighted by molar-refractivity contribution is 0.106. The topological polar surface area (TPSA) is 52.6 Å². The van der Waals surface area contributed by atoms with Gasteiger partial charge in [0.05, 0.1) is 14.2 Å². The fourth-order valence-electron chi connectivity index (χ4n) is 3.52. The number of methoxy groups -OCH3 is 2. The second-order valence-corrected chi connectivity index (χ2v) is 11.0. The lowest BCUT2D eigenvalue weighted by atomic mass is 9.86.